The van der Waals surface area contributed by atoms with Crippen LogP contribution in [0.4, 0.5) is 5.69 Å². The maximum Gasteiger partial charge on any atom is 0.140 e. The summed E-state index contributed by atoms with van der Waals surface area (Å²) in [7, 11) is 0. The van der Waals surface area contributed by atoms with Gasteiger partial charge < -0.3 is 10.4 Å². The van der Waals surface area contributed by atoms with E-state index in [0.29, 0.717) is 11.7 Å². The smallest absolute Gasteiger partial charge is 0.140 e. The lowest BCUT2D eigenvalue weighted by molar-refractivity contribution is 0.282. The molecule has 1 atom stereocenters. The lowest BCUT2D eigenvalue weighted by Gasteiger charge is -2.13. The molecule has 1 unspecified atom stereocenters. The van der Waals surface area contributed by atoms with Crippen LogP contribution in [0.5, 0.6) is 0 Å². The minimum atomic E-state index is 0.220. The Kier molecular flexibility index (Phi) is 4.58. The van der Waals surface area contributed by atoms with Crippen molar-refractivity contribution in [3.05, 3.63) is 24.0 Å². The molecule has 1 rings (SSSR count). The number of hydrogen-bond donors (Lipinski definition) is 2. The Balaban J connectivity index is 2.47. The van der Waals surface area contributed by atoms with E-state index in [1.165, 1.54) is 0 Å². The zero-order chi connectivity index (χ0) is 11.1. The predicted octanol–water partition coefficient (Wildman–Crippen LogP) is 1.53. The highest BCUT2D eigenvalue weighted by Crippen LogP contribution is 2.09. The minimum absolute atomic E-state index is 0.220. The molecule has 0 aliphatic carbocycles. The van der Waals surface area contributed by atoms with Crippen molar-refractivity contribution < 1.29 is 5.11 Å². The standard InChI is InChI=1S/C11H15N3O/c1-9(3-2-6-15)14-11-5-4-10(7-12)13-8-11/h4-5,8-9,14-15H,2-3,6H2,1H3. The van der Waals surface area contributed by atoms with Gasteiger partial charge in [-0.05, 0) is 31.9 Å². The number of aromatic nitrogens is 1. The largest absolute Gasteiger partial charge is 0.396 e. The van der Waals surface area contributed by atoms with Crippen LogP contribution in [0.15, 0.2) is 18.3 Å². The summed E-state index contributed by atoms with van der Waals surface area (Å²) < 4.78 is 0. The topological polar surface area (TPSA) is 68.9 Å². The molecule has 4 heteroatoms. The first kappa shape index (κ1) is 11.5. The molecule has 0 radical (unpaired) electrons. The van der Waals surface area contributed by atoms with Gasteiger partial charge in [0, 0.05) is 12.6 Å². The SMILES string of the molecule is CC(CCCO)Nc1ccc(C#N)nc1. The number of nitriles is 1. The van der Waals surface area contributed by atoms with Crippen molar-refractivity contribution in [1.29, 1.82) is 5.26 Å². The molecule has 4 nitrogen and oxygen atoms in total. The molecule has 0 saturated carbocycles. The van der Waals surface area contributed by atoms with Gasteiger partial charge in [-0.3, -0.25) is 0 Å². The summed E-state index contributed by atoms with van der Waals surface area (Å²) in [6.07, 6.45) is 3.35. The molecular formula is C11H15N3O. The average molecular weight is 205 g/mol. The molecule has 0 amide bonds. The van der Waals surface area contributed by atoms with E-state index in [0.717, 1.165) is 18.5 Å². The molecule has 80 valence electrons. The fourth-order valence-electron chi connectivity index (χ4n) is 1.30. The summed E-state index contributed by atoms with van der Waals surface area (Å²) in [5, 5.41) is 20.5. The summed E-state index contributed by atoms with van der Waals surface area (Å²) in [4.78, 5) is 3.96. The summed E-state index contributed by atoms with van der Waals surface area (Å²) in [5.41, 5.74) is 1.32. The lowest BCUT2D eigenvalue weighted by atomic mass is 10.2. The fourth-order valence-corrected chi connectivity index (χ4v) is 1.30. The van der Waals surface area contributed by atoms with Crippen LogP contribution < -0.4 is 5.32 Å². The molecule has 0 aromatic carbocycles. The number of nitrogens with zero attached hydrogens (tertiary/aromatic N) is 2. The van der Waals surface area contributed by atoms with Crippen molar-refractivity contribution in [3.63, 3.8) is 0 Å². The van der Waals surface area contributed by atoms with Crippen molar-refractivity contribution in [1.82, 2.24) is 4.98 Å². The molecule has 0 aliphatic heterocycles. The first-order valence-electron chi connectivity index (χ1n) is 5.00. The Morgan fingerprint density at radius 2 is 2.40 bits per heavy atom. The van der Waals surface area contributed by atoms with E-state index in [-0.39, 0.29) is 6.61 Å². The van der Waals surface area contributed by atoms with Gasteiger partial charge in [0.1, 0.15) is 11.8 Å². The molecule has 0 spiro atoms. The second-order valence-electron chi connectivity index (χ2n) is 3.46. The second kappa shape index (κ2) is 5.99. The van der Waals surface area contributed by atoms with E-state index in [2.05, 4.69) is 10.3 Å². The Labute approximate surface area is 89.6 Å². The zero-order valence-electron chi connectivity index (χ0n) is 8.77. The normalized spacial score (nSPS) is 11.8. The highest BCUT2D eigenvalue weighted by Gasteiger charge is 2.01. The van der Waals surface area contributed by atoms with Gasteiger partial charge in [0.05, 0.1) is 11.9 Å². The number of hydrogen-bond acceptors (Lipinski definition) is 4. The van der Waals surface area contributed by atoms with E-state index >= 15 is 0 Å². The van der Waals surface area contributed by atoms with Crippen LogP contribution >= 0.6 is 0 Å². The predicted molar refractivity (Wildman–Crippen MR) is 58.4 cm³/mol. The third-order valence-electron chi connectivity index (χ3n) is 2.09. The van der Waals surface area contributed by atoms with E-state index in [4.69, 9.17) is 10.4 Å². The van der Waals surface area contributed by atoms with Crippen LogP contribution in [-0.2, 0) is 0 Å². The van der Waals surface area contributed by atoms with E-state index in [1.54, 1.807) is 12.3 Å². The number of nitrogens with one attached hydrogen (secondary N) is 1. The van der Waals surface area contributed by atoms with Crippen molar-refractivity contribution in [2.24, 2.45) is 0 Å². The molecule has 15 heavy (non-hydrogen) atoms. The van der Waals surface area contributed by atoms with Gasteiger partial charge in [0.25, 0.3) is 0 Å². The van der Waals surface area contributed by atoms with Crippen LogP contribution in [0.1, 0.15) is 25.5 Å². The number of rotatable bonds is 5. The fraction of sp³-hybridized carbons (Fsp3) is 0.455. The van der Waals surface area contributed by atoms with E-state index in [1.807, 2.05) is 19.1 Å². The molecule has 1 aromatic rings. The first-order valence-corrected chi connectivity index (χ1v) is 5.00. The monoisotopic (exact) mass is 205 g/mol. The Hall–Kier alpha value is -1.60. The average Bonchev–Trinajstić information content (AvgIpc) is 2.27. The number of anilines is 1. The van der Waals surface area contributed by atoms with Crippen molar-refractivity contribution >= 4 is 5.69 Å². The van der Waals surface area contributed by atoms with Gasteiger partial charge >= 0.3 is 0 Å². The van der Waals surface area contributed by atoms with Gasteiger partial charge in [-0.2, -0.15) is 5.26 Å². The van der Waals surface area contributed by atoms with Crippen molar-refractivity contribution in [3.8, 4) is 6.07 Å². The van der Waals surface area contributed by atoms with Crippen LogP contribution in [0.25, 0.3) is 0 Å². The van der Waals surface area contributed by atoms with Crippen LogP contribution in [0.3, 0.4) is 0 Å². The van der Waals surface area contributed by atoms with Gasteiger partial charge in [-0.1, -0.05) is 0 Å². The van der Waals surface area contributed by atoms with Gasteiger partial charge in [-0.15, -0.1) is 0 Å². The first-order chi connectivity index (χ1) is 7.26. The van der Waals surface area contributed by atoms with E-state index < -0.39 is 0 Å². The number of pyridine rings is 1. The maximum atomic E-state index is 8.67. The molecule has 1 aromatic heterocycles. The molecule has 1 heterocycles. The second-order valence-corrected chi connectivity index (χ2v) is 3.46. The molecule has 2 N–H and O–H groups in total. The van der Waals surface area contributed by atoms with Crippen molar-refractivity contribution in [2.45, 2.75) is 25.8 Å². The van der Waals surface area contributed by atoms with Crippen LogP contribution in [0, 0.1) is 11.3 Å². The molecule has 0 aliphatic rings. The number of aliphatic hydroxyl groups is 1. The van der Waals surface area contributed by atoms with Crippen LogP contribution in [-0.4, -0.2) is 22.7 Å². The highest BCUT2D eigenvalue weighted by atomic mass is 16.2. The summed E-state index contributed by atoms with van der Waals surface area (Å²) in [6, 6.07) is 5.78. The third-order valence-corrected chi connectivity index (χ3v) is 2.09. The van der Waals surface area contributed by atoms with Crippen molar-refractivity contribution in [2.75, 3.05) is 11.9 Å². The summed E-state index contributed by atoms with van der Waals surface area (Å²) in [5.74, 6) is 0. The van der Waals surface area contributed by atoms with Crippen LogP contribution in [0.2, 0.25) is 0 Å². The number of aliphatic hydroxyl groups excluding tert-OH is 1. The van der Waals surface area contributed by atoms with Gasteiger partial charge in [0.2, 0.25) is 0 Å². The lowest BCUT2D eigenvalue weighted by Crippen LogP contribution is -2.15. The highest BCUT2D eigenvalue weighted by molar-refractivity contribution is 5.43. The third kappa shape index (κ3) is 3.96. The molecule has 0 fully saturated rings. The quantitative estimate of drug-likeness (QED) is 0.764. The summed E-state index contributed by atoms with van der Waals surface area (Å²) in [6.45, 7) is 2.27. The van der Waals surface area contributed by atoms with Gasteiger partial charge in [0.15, 0.2) is 0 Å². The molecule has 0 saturated heterocycles. The maximum absolute atomic E-state index is 8.67. The molecular weight excluding hydrogens is 190 g/mol. The molecule has 0 bridgehead atoms. The Bertz CT molecular complexity index is 329. The minimum Gasteiger partial charge on any atom is -0.396 e. The Morgan fingerprint density at radius 1 is 1.60 bits per heavy atom. The Morgan fingerprint density at radius 3 is 2.93 bits per heavy atom. The summed E-state index contributed by atoms with van der Waals surface area (Å²) >= 11 is 0. The van der Waals surface area contributed by atoms with E-state index in [9.17, 15) is 0 Å². The van der Waals surface area contributed by atoms with Gasteiger partial charge in [-0.25, -0.2) is 4.98 Å². The zero-order valence-corrected chi connectivity index (χ0v) is 8.77.